The third-order valence-electron chi connectivity index (χ3n) is 9.31. The van der Waals surface area contributed by atoms with E-state index in [2.05, 4.69) is 107 Å². The Kier molecular flexibility index (Phi) is 6.08. The van der Waals surface area contributed by atoms with Crippen molar-refractivity contribution in [2.75, 3.05) is 0 Å². The zero-order valence-corrected chi connectivity index (χ0v) is 26.1. The number of aromatic nitrogens is 5. The molecule has 0 aliphatic carbocycles. The highest BCUT2D eigenvalue weighted by molar-refractivity contribution is 6.23. The molecule has 0 unspecified atom stereocenters. The lowest BCUT2D eigenvalue weighted by molar-refractivity contribution is 0.316. The van der Waals surface area contributed by atoms with Crippen LogP contribution >= 0.6 is 0 Å². The lowest BCUT2D eigenvalue weighted by Crippen LogP contribution is -1.94. The lowest BCUT2D eigenvalue weighted by atomic mass is 9.93. The molecule has 0 aliphatic heterocycles. The normalized spacial score (nSPS) is 11.7. The quantitative estimate of drug-likeness (QED) is 0.181. The zero-order chi connectivity index (χ0) is 32.3. The van der Waals surface area contributed by atoms with E-state index in [1.165, 1.54) is 0 Å². The second kappa shape index (κ2) is 10.9. The van der Waals surface area contributed by atoms with Gasteiger partial charge >= 0.3 is 0 Å². The molecule has 0 atom stereocenters. The Balaban J connectivity index is 1.22. The number of nitrogens with zero attached hydrogens (tertiary/aromatic N) is 5. The van der Waals surface area contributed by atoms with Crippen LogP contribution in [0.5, 0.6) is 0 Å². The highest BCUT2D eigenvalue weighted by Crippen LogP contribution is 2.41. The molecule has 4 aromatic heterocycles. The van der Waals surface area contributed by atoms with Gasteiger partial charge in [-0.15, -0.1) is 0 Å². The van der Waals surface area contributed by atoms with E-state index in [1.807, 2.05) is 54.6 Å². The summed E-state index contributed by atoms with van der Waals surface area (Å²) in [4.78, 5) is 15.6. The van der Waals surface area contributed by atoms with Crippen LogP contribution < -0.4 is 0 Å². The van der Waals surface area contributed by atoms with Crippen LogP contribution in [0.1, 0.15) is 0 Å². The first kappa shape index (κ1) is 27.3. The van der Waals surface area contributed by atoms with Gasteiger partial charge in [-0.25, -0.2) is 19.6 Å². The Labute approximate surface area is 280 Å². The molecule has 6 nitrogen and oxygen atoms in total. The fourth-order valence-electron chi connectivity index (χ4n) is 6.93. The maximum absolute atomic E-state index is 5.44. The van der Waals surface area contributed by atoms with Gasteiger partial charge in [-0.05, 0) is 46.2 Å². The monoisotopic (exact) mass is 627 g/mol. The Hall–Kier alpha value is -6.79. The second-order valence-corrected chi connectivity index (χ2v) is 12.2. The molecule has 228 valence electrons. The second-order valence-electron chi connectivity index (χ2n) is 12.2. The maximum atomic E-state index is 5.44. The van der Waals surface area contributed by atoms with Crippen molar-refractivity contribution < 1.29 is 4.63 Å². The van der Waals surface area contributed by atoms with Crippen LogP contribution in [0, 0.1) is 0 Å². The summed E-state index contributed by atoms with van der Waals surface area (Å²) in [7, 11) is 0. The van der Waals surface area contributed by atoms with Gasteiger partial charge in [0.05, 0.1) is 33.6 Å². The summed E-state index contributed by atoms with van der Waals surface area (Å²) in [6.07, 6.45) is 0. The minimum atomic E-state index is 0.702. The molecule has 6 aromatic carbocycles. The molecule has 0 spiro atoms. The van der Waals surface area contributed by atoms with Crippen molar-refractivity contribution in [3.63, 3.8) is 0 Å². The molecule has 49 heavy (non-hydrogen) atoms. The van der Waals surface area contributed by atoms with E-state index in [4.69, 9.17) is 19.6 Å². The van der Waals surface area contributed by atoms with E-state index in [9.17, 15) is 0 Å². The van der Waals surface area contributed by atoms with Crippen molar-refractivity contribution in [1.29, 1.82) is 0 Å². The number of hydrogen-bond donors (Lipinski definition) is 0. The van der Waals surface area contributed by atoms with Crippen molar-refractivity contribution in [2.45, 2.75) is 0 Å². The first-order valence-corrected chi connectivity index (χ1v) is 16.2. The fourth-order valence-corrected chi connectivity index (χ4v) is 6.93. The molecule has 0 amide bonds. The van der Waals surface area contributed by atoms with E-state index in [-0.39, 0.29) is 0 Å². The highest BCUT2D eigenvalue weighted by atomic mass is 16.6. The first-order valence-electron chi connectivity index (χ1n) is 16.2. The molecule has 10 rings (SSSR count). The Morgan fingerprint density at radius 1 is 0.388 bits per heavy atom. The van der Waals surface area contributed by atoms with Gasteiger partial charge in [-0.2, -0.15) is 0 Å². The van der Waals surface area contributed by atoms with Gasteiger partial charge in [0.25, 0.3) is 0 Å². The van der Waals surface area contributed by atoms with Gasteiger partial charge in [-0.3, -0.25) is 0 Å². The summed E-state index contributed by atoms with van der Waals surface area (Å²) in [6, 6.07) is 51.9. The molecule has 0 bridgehead atoms. The number of benzene rings is 6. The molecule has 0 aliphatic rings. The van der Waals surface area contributed by atoms with Crippen molar-refractivity contribution in [1.82, 2.24) is 25.3 Å². The fraction of sp³-hybridized carbons (Fsp3) is 0. The summed E-state index contributed by atoms with van der Waals surface area (Å²) >= 11 is 0. The van der Waals surface area contributed by atoms with Crippen molar-refractivity contribution in [3.8, 4) is 44.9 Å². The highest BCUT2D eigenvalue weighted by Gasteiger charge is 2.20. The molecule has 0 radical (unpaired) electrons. The number of pyridine rings is 3. The molecule has 0 fully saturated rings. The molecule has 0 saturated heterocycles. The van der Waals surface area contributed by atoms with Crippen LogP contribution in [-0.2, 0) is 0 Å². The summed E-state index contributed by atoms with van der Waals surface area (Å²) in [5.74, 6) is 0. The smallest absolute Gasteiger partial charge is 0.144 e. The third kappa shape index (κ3) is 4.46. The van der Waals surface area contributed by atoms with Crippen LogP contribution in [0.25, 0.3) is 99.4 Å². The van der Waals surface area contributed by atoms with Gasteiger partial charge in [0.1, 0.15) is 11.0 Å². The molecule has 6 heteroatoms. The van der Waals surface area contributed by atoms with Crippen LogP contribution in [-0.4, -0.2) is 25.3 Å². The topological polar surface area (TPSA) is 77.6 Å². The van der Waals surface area contributed by atoms with Crippen molar-refractivity contribution in [2.24, 2.45) is 0 Å². The number of fused-ring (bicyclic) bond motifs is 8. The molecule has 0 N–H and O–H groups in total. The van der Waals surface area contributed by atoms with Gasteiger partial charge < -0.3 is 0 Å². The van der Waals surface area contributed by atoms with Gasteiger partial charge in [0.2, 0.25) is 0 Å². The van der Waals surface area contributed by atoms with E-state index in [0.717, 1.165) is 88.4 Å². The van der Waals surface area contributed by atoms with E-state index in [0.29, 0.717) is 11.0 Å². The van der Waals surface area contributed by atoms with Gasteiger partial charge in [0, 0.05) is 49.2 Å². The SMILES string of the molecule is c1ccc(-c2ccc3ccc4ccc(-c5ccc6nc(-c7ccccc7)c7cc(-c8ccccc8)c8nonc8c7c6c5)nc4c3n2)cc1. The molecular weight excluding hydrogens is 603 g/mol. The van der Waals surface area contributed by atoms with Crippen molar-refractivity contribution in [3.05, 3.63) is 152 Å². The van der Waals surface area contributed by atoms with Crippen LogP contribution in [0.4, 0.5) is 0 Å². The van der Waals surface area contributed by atoms with Gasteiger partial charge in [-0.1, -0.05) is 121 Å². The summed E-state index contributed by atoms with van der Waals surface area (Å²) in [5.41, 5.74) is 11.7. The minimum Gasteiger partial charge on any atom is -0.247 e. The predicted molar refractivity (Wildman–Crippen MR) is 197 cm³/mol. The standard InChI is InChI=1S/C43H25N5O/c1-4-10-26(11-5-1)32-25-34-38(43-42(32)47-49-48-43)33-24-31(20-23-37(33)46-39(34)28-14-8-3-9-15-28)36-22-19-30-17-16-29-18-21-35(27-12-6-2-7-13-27)44-40(29)41(30)45-36/h1-25H. The summed E-state index contributed by atoms with van der Waals surface area (Å²) in [6.45, 7) is 0. The molecular formula is C43H25N5O. The van der Waals surface area contributed by atoms with Crippen LogP contribution in [0.15, 0.2) is 156 Å². The van der Waals surface area contributed by atoms with Gasteiger partial charge in [0.15, 0.2) is 0 Å². The average Bonchev–Trinajstić information content (AvgIpc) is 3.68. The lowest BCUT2D eigenvalue weighted by Gasteiger charge is -2.14. The molecule has 10 aromatic rings. The van der Waals surface area contributed by atoms with E-state index < -0.39 is 0 Å². The summed E-state index contributed by atoms with van der Waals surface area (Å²) < 4.78 is 5.44. The zero-order valence-electron chi connectivity index (χ0n) is 26.1. The van der Waals surface area contributed by atoms with E-state index in [1.54, 1.807) is 0 Å². The van der Waals surface area contributed by atoms with Crippen molar-refractivity contribution >= 4 is 54.5 Å². The van der Waals surface area contributed by atoms with Crippen LogP contribution in [0.3, 0.4) is 0 Å². The Bertz CT molecular complexity index is 2870. The Morgan fingerprint density at radius 3 is 1.63 bits per heavy atom. The average molecular weight is 628 g/mol. The first-order chi connectivity index (χ1) is 24.3. The van der Waals surface area contributed by atoms with E-state index >= 15 is 0 Å². The summed E-state index contributed by atoms with van der Waals surface area (Å²) in [5, 5.41) is 13.9. The minimum absolute atomic E-state index is 0.702. The largest absolute Gasteiger partial charge is 0.247 e. The molecule has 0 saturated carbocycles. The third-order valence-corrected chi connectivity index (χ3v) is 9.31. The number of hydrogen-bond acceptors (Lipinski definition) is 6. The predicted octanol–water partition coefficient (Wildman–Crippen LogP) is 10.7. The Morgan fingerprint density at radius 2 is 0.959 bits per heavy atom. The maximum Gasteiger partial charge on any atom is 0.144 e. The molecule has 4 heterocycles. The number of rotatable bonds is 4. The van der Waals surface area contributed by atoms with Crippen LogP contribution in [0.2, 0.25) is 0 Å².